The van der Waals surface area contributed by atoms with E-state index in [-0.39, 0.29) is 11.7 Å². The summed E-state index contributed by atoms with van der Waals surface area (Å²) in [5.74, 6) is -0.308. The van der Waals surface area contributed by atoms with Crippen molar-refractivity contribution in [3.8, 4) is 27.5 Å². The molecule has 4 aromatic rings. The molecular weight excluding hydrogens is 455 g/mol. The molecule has 0 saturated heterocycles. The number of hydrogen-bond donors (Lipinski definition) is 0. The third-order valence-electron chi connectivity index (χ3n) is 4.97. The first-order valence-corrected chi connectivity index (χ1v) is 12.2. The van der Waals surface area contributed by atoms with E-state index in [2.05, 4.69) is 18.9 Å². The minimum absolute atomic E-state index is 0.0332. The largest absolute Gasteiger partial charge is 0.345 e. The molecule has 2 aromatic heterocycles. The Labute approximate surface area is 201 Å². The summed E-state index contributed by atoms with van der Waals surface area (Å²) in [5, 5.41) is 5.78. The topological polar surface area (TPSA) is 51.0 Å². The van der Waals surface area contributed by atoms with Gasteiger partial charge in [0.15, 0.2) is 0 Å². The van der Waals surface area contributed by atoms with Crippen LogP contribution in [0.25, 0.3) is 27.5 Å². The van der Waals surface area contributed by atoms with Gasteiger partial charge in [-0.3, -0.25) is 4.79 Å². The van der Waals surface area contributed by atoms with E-state index < -0.39 is 0 Å². The zero-order chi connectivity index (χ0) is 23.7. The number of aromatic nitrogens is 3. The maximum atomic E-state index is 13.7. The van der Waals surface area contributed by atoms with Crippen LogP contribution in [-0.4, -0.2) is 44.9 Å². The normalized spacial score (nSPS) is 11.2. The van der Waals surface area contributed by atoms with Gasteiger partial charge in [-0.05, 0) is 36.8 Å². The molecule has 0 saturated carbocycles. The van der Waals surface area contributed by atoms with Gasteiger partial charge in [0.2, 0.25) is 5.13 Å². The molecule has 0 aliphatic carbocycles. The molecule has 0 unspecified atom stereocenters. The highest BCUT2D eigenvalue weighted by molar-refractivity contribution is 8.01. The SMILES string of the molecule is Cc1nn(-c2nc(-c3ccc(C(=O)N(C)C)cc3)c(SC(C)C)s2)cc1-c1cccc(F)c1. The van der Waals surface area contributed by atoms with Crippen molar-refractivity contribution >= 4 is 29.0 Å². The van der Waals surface area contributed by atoms with Crippen LogP contribution in [0.3, 0.4) is 0 Å². The molecule has 0 N–H and O–H groups in total. The predicted octanol–water partition coefficient (Wildman–Crippen LogP) is 6.31. The first-order valence-electron chi connectivity index (χ1n) is 10.5. The monoisotopic (exact) mass is 480 g/mol. The van der Waals surface area contributed by atoms with Gasteiger partial charge in [-0.25, -0.2) is 14.1 Å². The summed E-state index contributed by atoms with van der Waals surface area (Å²) in [5.41, 5.74) is 4.93. The van der Waals surface area contributed by atoms with E-state index in [9.17, 15) is 9.18 Å². The summed E-state index contributed by atoms with van der Waals surface area (Å²) in [7, 11) is 3.48. The molecule has 5 nitrogen and oxygen atoms in total. The Morgan fingerprint density at radius 1 is 1.12 bits per heavy atom. The summed E-state index contributed by atoms with van der Waals surface area (Å²) >= 11 is 3.32. The van der Waals surface area contributed by atoms with Crippen LogP contribution in [0.2, 0.25) is 0 Å². The molecule has 0 bridgehead atoms. The second-order valence-corrected chi connectivity index (χ2v) is 11.0. The van der Waals surface area contributed by atoms with Crippen LogP contribution < -0.4 is 0 Å². The van der Waals surface area contributed by atoms with Crippen molar-refractivity contribution in [2.75, 3.05) is 14.1 Å². The Balaban J connectivity index is 1.73. The number of benzene rings is 2. The lowest BCUT2D eigenvalue weighted by Gasteiger charge is -2.10. The van der Waals surface area contributed by atoms with Gasteiger partial charge in [0, 0.05) is 42.2 Å². The third-order valence-corrected chi connectivity index (χ3v) is 7.23. The highest BCUT2D eigenvalue weighted by Gasteiger charge is 2.19. The summed E-state index contributed by atoms with van der Waals surface area (Å²) in [6.07, 6.45) is 1.90. The Morgan fingerprint density at radius 2 is 1.85 bits per heavy atom. The molecule has 2 aromatic carbocycles. The van der Waals surface area contributed by atoms with Gasteiger partial charge in [0.05, 0.1) is 15.6 Å². The van der Waals surface area contributed by atoms with E-state index in [4.69, 9.17) is 4.98 Å². The third kappa shape index (κ3) is 5.02. The minimum atomic E-state index is -0.275. The Morgan fingerprint density at radius 3 is 2.48 bits per heavy atom. The van der Waals surface area contributed by atoms with Crippen molar-refractivity contribution < 1.29 is 9.18 Å². The molecule has 8 heteroatoms. The maximum absolute atomic E-state index is 13.7. The molecule has 170 valence electrons. The number of nitrogens with zero attached hydrogens (tertiary/aromatic N) is 4. The Kier molecular flexibility index (Phi) is 6.67. The molecule has 0 atom stereocenters. The molecule has 0 radical (unpaired) electrons. The lowest BCUT2D eigenvalue weighted by molar-refractivity contribution is 0.0827. The molecular formula is C25H25FN4OS2. The first kappa shape index (κ1) is 23.2. The second kappa shape index (κ2) is 9.49. The Hall–Kier alpha value is -2.97. The summed E-state index contributed by atoms with van der Waals surface area (Å²) < 4.78 is 16.6. The first-order chi connectivity index (χ1) is 15.7. The van der Waals surface area contributed by atoms with Crippen LogP contribution in [0, 0.1) is 12.7 Å². The van der Waals surface area contributed by atoms with Gasteiger partial charge in [0.25, 0.3) is 5.91 Å². The molecule has 4 rings (SSSR count). The average molecular weight is 481 g/mol. The highest BCUT2D eigenvalue weighted by Crippen LogP contribution is 2.40. The highest BCUT2D eigenvalue weighted by atomic mass is 32.2. The van der Waals surface area contributed by atoms with Crippen molar-refractivity contribution in [3.05, 3.63) is 71.8 Å². The maximum Gasteiger partial charge on any atom is 0.253 e. The van der Waals surface area contributed by atoms with Gasteiger partial charge in [-0.15, -0.1) is 11.8 Å². The number of thiazole rings is 1. The van der Waals surface area contributed by atoms with Crippen molar-refractivity contribution in [3.63, 3.8) is 0 Å². The van der Waals surface area contributed by atoms with Crippen LogP contribution in [0.1, 0.15) is 29.9 Å². The fraction of sp³-hybridized carbons (Fsp3) is 0.240. The van der Waals surface area contributed by atoms with Gasteiger partial charge in [-0.1, -0.05) is 49.4 Å². The lowest BCUT2D eigenvalue weighted by Crippen LogP contribution is -2.21. The number of hydrogen-bond acceptors (Lipinski definition) is 5. The van der Waals surface area contributed by atoms with Gasteiger partial charge >= 0.3 is 0 Å². The molecule has 2 heterocycles. The van der Waals surface area contributed by atoms with Gasteiger partial charge in [-0.2, -0.15) is 5.10 Å². The standard InChI is InChI=1S/C25H25FN4OS2/c1-15(2)32-24-22(17-9-11-18(12-10-17)23(31)29(4)5)27-25(33-24)30-14-21(16(3)28-30)19-7-6-8-20(26)13-19/h6-15H,1-5H3. The van der Waals surface area contributed by atoms with E-state index in [1.165, 1.54) is 12.1 Å². The van der Waals surface area contributed by atoms with Crippen molar-refractivity contribution in [1.29, 1.82) is 0 Å². The van der Waals surface area contributed by atoms with Crippen molar-refractivity contribution in [2.45, 2.75) is 30.2 Å². The van der Waals surface area contributed by atoms with Crippen molar-refractivity contribution in [2.24, 2.45) is 0 Å². The number of thioether (sulfide) groups is 1. The van der Waals surface area contributed by atoms with Crippen LogP contribution in [0.15, 0.2) is 58.9 Å². The van der Waals surface area contributed by atoms with Crippen LogP contribution in [-0.2, 0) is 0 Å². The number of halogens is 1. The number of carbonyl (C=O) groups excluding carboxylic acids is 1. The average Bonchev–Trinajstić information content (AvgIpc) is 3.36. The van der Waals surface area contributed by atoms with E-state index in [0.717, 1.165) is 37.4 Å². The Bertz CT molecular complexity index is 1290. The van der Waals surface area contributed by atoms with E-state index in [1.807, 2.05) is 43.5 Å². The van der Waals surface area contributed by atoms with Crippen LogP contribution in [0.5, 0.6) is 0 Å². The summed E-state index contributed by atoms with van der Waals surface area (Å²) in [6.45, 7) is 6.20. The van der Waals surface area contributed by atoms with Gasteiger partial charge < -0.3 is 4.90 Å². The summed E-state index contributed by atoms with van der Waals surface area (Å²) in [4.78, 5) is 18.7. The number of aryl methyl sites for hydroxylation is 1. The number of rotatable bonds is 6. The molecule has 0 aliphatic heterocycles. The summed E-state index contributed by atoms with van der Waals surface area (Å²) in [6, 6.07) is 14.1. The van der Waals surface area contributed by atoms with E-state index in [1.54, 1.807) is 52.8 Å². The zero-order valence-electron chi connectivity index (χ0n) is 19.2. The smallest absolute Gasteiger partial charge is 0.253 e. The molecule has 0 aliphatic rings. The molecule has 1 amide bonds. The number of carbonyl (C=O) groups is 1. The quantitative estimate of drug-likeness (QED) is 0.303. The molecule has 0 fully saturated rings. The lowest BCUT2D eigenvalue weighted by atomic mass is 10.1. The van der Waals surface area contributed by atoms with E-state index >= 15 is 0 Å². The fourth-order valence-electron chi connectivity index (χ4n) is 3.40. The van der Waals surface area contributed by atoms with Crippen LogP contribution >= 0.6 is 23.1 Å². The van der Waals surface area contributed by atoms with Gasteiger partial charge in [0.1, 0.15) is 5.82 Å². The van der Waals surface area contributed by atoms with Crippen molar-refractivity contribution in [1.82, 2.24) is 19.7 Å². The van der Waals surface area contributed by atoms with E-state index in [0.29, 0.717) is 10.8 Å². The zero-order valence-corrected chi connectivity index (χ0v) is 20.8. The second-order valence-electron chi connectivity index (χ2n) is 8.16. The predicted molar refractivity (Wildman–Crippen MR) is 134 cm³/mol. The minimum Gasteiger partial charge on any atom is -0.345 e. The number of amides is 1. The molecule has 0 spiro atoms. The molecule has 33 heavy (non-hydrogen) atoms. The fourth-order valence-corrected chi connectivity index (χ4v) is 5.84. The van der Waals surface area contributed by atoms with Crippen LogP contribution in [0.4, 0.5) is 4.39 Å².